The molecule has 764 valence electrons. The highest BCUT2D eigenvalue weighted by molar-refractivity contribution is 5.93. The van der Waals surface area contributed by atoms with Gasteiger partial charge in [-0.1, -0.05) is 299 Å². The number of carbonyl (C=O) groups excluding carboxylic acids is 1. The zero-order chi connectivity index (χ0) is 104. The summed E-state index contributed by atoms with van der Waals surface area (Å²) in [6, 6.07) is 70.6. The van der Waals surface area contributed by atoms with Crippen LogP contribution in [-0.2, 0) is 42.7 Å². The third-order valence-electron chi connectivity index (χ3n) is 29.1. The molecule has 16 nitrogen and oxygen atoms in total. The highest BCUT2D eigenvalue weighted by atomic mass is 19.3. The summed E-state index contributed by atoms with van der Waals surface area (Å²) in [6.45, 7) is 62.1. The number of carbonyl (C=O) groups is 1. The van der Waals surface area contributed by atoms with Gasteiger partial charge in [0.25, 0.3) is 0 Å². The van der Waals surface area contributed by atoms with Crippen LogP contribution in [0.1, 0.15) is 237 Å². The number of amides is 1. The van der Waals surface area contributed by atoms with Crippen LogP contribution in [0.4, 0.5) is 48.1 Å². The van der Waals surface area contributed by atoms with Crippen LogP contribution in [0.25, 0.3) is 64.6 Å². The van der Waals surface area contributed by atoms with Crippen molar-refractivity contribution >= 4 is 105 Å². The Kier molecular flexibility index (Phi) is 33.9. The minimum absolute atomic E-state index is 0.0527. The van der Waals surface area contributed by atoms with Gasteiger partial charge in [-0.15, -0.1) is 0 Å². The molecule has 0 bridgehead atoms. The van der Waals surface area contributed by atoms with Gasteiger partial charge in [-0.25, -0.2) is 43.1 Å². The molecule has 6 atom stereocenters. The fraction of sp³-hybridized carbons (Fsp3) is 0.464. The number of nitrogens with one attached hydrogen (secondary N) is 1. The normalized spacial score (nSPS) is 18.4. The number of benzene rings is 8. The number of aromatic nitrogens is 6. The maximum Gasteiger partial charge on any atom is 0.243 e. The Hall–Kier alpha value is -12.0. The number of pyridine rings is 6. The van der Waals surface area contributed by atoms with Crippen molar-refractivity contribution < 1.29 is 22.7 Å². The summed E-state index contributed by atoms with van der Waals surface area (Å²) in [6.07, 6.45) is 14.9. The summed E-state index contributed by atoms with van der Waals surface area (Å²) in [5.74, 6) is 9.15. The van der Waals surface area contributed by atoms with Crippen LogP contribution in [0.5, 0.6) is 11.5 Å². The number of fused-ring (bicyclic) bond motifs is 6. The Labute approximate surface area is 857 Å². The van der Waals surface area contributed by atoms with E-state index in [0.717, 1.165) is 134 Å². The van der Waals surface area contributed by atoms with Crippen molar-refractivity contribution in [2.24, 2.45) is 23.7 Å². The molecule has 14 aromatic rings. The number of hydrogen-bond donors (Lipinski definition) is 1. The van der Waals surface area contributed by atoms with Gasteiger partial charge in [-0.05, 0) is 227 Å². The molecular weight excluding hydrogens is 1790 g/mol. The second-order valence-corrected chi connectivity index (χ2v) is 48.3. The fourth-order valence-electron chi connectivity index (χ4n) is 20.7. The second-order valence-electron chi connectivity index (χ2n) is 48.3. The standard InChI is InChI=1S/C20H27N3O.C18H22F2N2.C18H25N3.2C18H24N2.C17H21FN2.C16H18O/c1-20(2,3)17-8-6-7-14-11-18(21-12-16(14)17)23-10-9-15(13-23)19(24)22(4)5;1-18(2,3)15-6-4-5-12-9-16(21-10-14(12)15)22-8-7-13(11-22)17(19)20;1-18(2,3)16-7-5-6-13-10-17(20-11-15(13)16)21-9-8-14(12-21)19-4;2*1-13-8-9-20(12-13)17-10-14-6-5-7-16(18(2,3)4)15(14)11-19-17;1-17(2,3)15-6-4-5-12-9-16(19-10-14(12)15)20-8-7-13(18)11-20;1-16(2,3)13-8-7-11-15(12-13)17-14-9-5-4-6-10-14/h6-8,11-12,15H,9-10,13H2,1-5H3;4-6,9-10,13,17H,7-8,11H2,1-3H3;5-7,10-11,14,19H,8-9,12H2,1-4H3;2*5-7,10-11,13H,8-9,12H2,1-4H3;4-6,9-10,13H,7-8,11H2,1-3H3;4-12H,1-3H3/t;;14-;2*13-;;/m..010../s1. The van der Waals surface area contributed by atoms with Gasteiger partial charge in [0.15, 0.2) is 0 Å². The molecule has 6 aliphatic rings. The first-order valence-electron chi connectivity index (χ1n) is 52.5. The number of ether oxygens (including phenoxy) is 1. The Balaban J connectivity index is 0.000000133. The van der Waals surface area contributed by atoms with Crippen molar-refractivity contribution in [2.45, 2.75) is 254 Å². The van der Waals surface area contributed by atoms with E-state index in [1.165, 1.54) is 112 Å². The summed E-state index contributed by atoms with van der Waals surface area (Å²) in [5.41, 5.74) is 10.2. The zero-order valence-corrected chi connectivity index (χ0v) is 91.1. The predicted octanol–water partition coefficient (Wildman–Crippen LogP) is 29.0. The number of hydrogen-bond acceptors (Lipinski definition) is 15. The summed E-state index contributed by atoms with van der Waals surface area (Å²) < 4.78 is 44.8. The van der Waals surface area contributed by atoms with Crippen molar-refractivity contribution in [2.75, 3.05) is 129 Å². The number of anilines is 6. The van der Waals surface area contributed by atoms with Gasteiger partial charge in [0, 0.05) is 168 Å². The van der Waals surface area contributed by atoms with Crippen LogP contribution in [0, 0.1) is 23.7 Å². The number of para-hydroxylation sites is 1. The number of rotatable bonds is 11. The molecular formula is C125H161F3N14O2. The maximum absolute atomic E-state index is 13.3. The smallest absolute Gasteiger partial charge is 0.243 e. The largest absolute Gasteiger partial charge is 0.457 e. The monoisotopic (exact) mass is 1950 g/mol. The van der Waals surface area contributed by atoms with E-state index < -0.39 is 18.5 Å². The van der Waals surface area contributed by atoms with Crippen molar-refractivity contribution in [3.8, 4) is 11.5 Å². The topological polar surface area (TPSA) is 138 Å². The van der Waals surface area contributed by atoms with Gasteiger partial charge in [0.1, 0.15) is 52.6 Å². The van der Waals surface area contributed by atoms with E-state index in [0.29, 0.717) is 38.5 Å². The van der Waals surface area contributed by atoms with Gasteiger partial charge >= 0.3 is 0 Å². The van der Waals surface area contributed by atoms with Gasteiger partial charge < -0.3 is 44.4 Å². The first kappa shape index (κ1) is 108. The van der Waals surface area contributed by atoms with Crippen LogP contribution >= 0.6 is 0 Å². The third-order valence-corrected chi connectivity index (χ3v) is 29.1. The zero-order valence-electron chi connectivity index (χ0n) is 91.1. The van der Waals surface area contributed by atoms with E-state index in [4.69, 9.17) is 24.7 Å². The number of alkyl halides is 3. The molecule has 1 amide bonds. The molecule has 8 aromatic carbocycles. The number of likely N-dealkylation sites (N-methyl/N-ethyl adjacent to an activating group) is 1. The minimum Gasteiger partial charge on any atom is -0.457 e. The molecule has 6 aromatic heterocycles. The lowest BCUT2D eigenvalue weighted by molar-refractivity contribution is -0.132. The van der Waals surface area contributed by atoms with Crippen molar-refractivity contribution in [1.29, 1.82) is 0 Å². The molecule has 0 spiro atoms. The maximum atomic E-state index is 13.3. The summed E-state index contributed by atoms with van der Waals surface area (Å²) in [7, 11) is 5.69. The van der Waals surface area contributed by atoms with E-state index in [2.05, 4.69) is 364 Å². The van der Waals surface area contributed by atoms with Crippen LogP contribution in [0.15, 0.2) is 237 Å². The second kappa shape index (κ2) is 45.4. The summed E-state index contributed by atoms with van der Waals surface area (Å²) in [5, 5.41) is 18.2. The molecule has 0 radical (unpaired) electrons. The quantitative estimate of drug-likeness (QED) is 0.131. The van der Waals surface area contributed by atoms with Gasteiger partial charge in [0.2, 0.25) is 12.3 Å². The Morgan fingerprint density at radius 3 is 0.910 bits per heavy atom. The molecule has 20 rings (SSSR count). The molecule has 0 aliphatic carbocycles. The van der Waals surface area contributed by atoms with Crippen molar-refractivity contribution in [3.05, 3.63) is 276 Å². The number of halogens is 3. The minimum atomic E-state index is -2.24. The van der Waals surface area contributed by atoms with Crippen LogP contribution < -0.4 is 39.5 Å². The third kappa shape index (κ3) is 27.2. The summed E-state index contributed by atoms with van der Waals surface area (Å²) in [4.78, 5) is 55.3. The first-order valence-corrected chi connectivity index (χ1v) is 52.5. The highest BCUT2D eigenvalue weighted by Crippen LogP contribution is 2.42. The highest BCUT2D eigenvalue weighted by Gasteiger charge is 2.35. The summed E-state index contributed by atoms with van der Waals surface area (Å²) >= 11 is 0. The molecule has 3 unspecified atom stereocenters. The van der Waals surface area contributed by atoms with Crippen molar-refractivity contribution in [3.63, 3.8) is 0 Å². The Morgan fingerprint density at radius 2 is 0.625 bits per heavy atom. The van der Waals surface area contributed by atoms with Crippen molar-refractivity contribution in [1.82, 2.24) is 40.1 Å². The lowest BCUT2D eigenvalue weighted by Gasteiger charge is -2.23. The fourth-order valence-corrected chi connectivity index (χ4v) is 20.7. The lowest BCUT2D eigenvalue weighted by atomic mass is 9.84. The van der Waals surface area contributed by atoms with E-state index >= 15 is 0 Å². The molecule has 19 heteroatoms. The average Bonchev–Trinajstić information content (AvgIpc) is 1.28. The van der Waals surface area contributed by atoms with E-state index in [1.807, 2.05) is 98.1 Å². The molecule has 0 saturated carbocycles. The lowest BCUT2D eigenvalue weighted by Crippen LogP contribution is -2.32. The van der Waals surface area contributed by atoms with E-state index in [-0.39, 0.29) is 49.7 Å². The van der Waals surface area contributed by atoms with Gasteiger partial charge in [0.05, 0.1) is 12.5 Å². The Bertz CT molecular complexity index is 6430. The van der Waals surface area contributed by atoms with Crippen LogP contribution in [-0.4, -0.2) is 159 Å². The van der Waals surface area contributed by atoms with E-state index in [9.17, 15) is 18.0 Å². The van der Waals surface area contributed by atoms with Crippen LogP contribution in [0.2, 0.25) is 0 Å². The molecule has 12 heterocycles. The SMILES string of the molecule is CC(C)(C)c1cccc(Oc2ccccc2)c1.CC(C)(C)c1cccc2cc(N3CCC(C(F)F)C3)ncc12.CC(C)(C)c1cccc2cc(N3CCC(F)C3)ncc12.CN(C)C(=O)C1CCN(c2cc3cccc(C(C)(C)C)c3cn2)C1.CN[C@H]1CCN(c2cc3cccc(C(C)(C)C)c3cn2)C1.C[C@@H]1CCN(c2cc3cccc(C(C)(C)C)c3cn2)C1.C[C@H]1CCN(c2cc3cccc(C(C)(C)C)c3cn2)C1. The first-order chi connectivity index (χ1) is 68.0. The molecule has 6 saturated heterocycles. The molecule has 6 fully saturated rings. The molecule has 144 heavy (non-hydrogen) atoms. The van der Waals surface area contributed by atoms with Gasteiger partial charge in [-0.3, -0.25) is 4.79 Å². The Morgan fingerprint density at radius 1 is 0.333 bits per heavy atom. The average molecular weight is 1950 g/mol. The molecule has 1 N–H and O–H groups in total. The van der Waals surface area contributed by atoms with E-state index in [1.54, 1.807) is 4.90 Å². The number of nitrogens with zero attached hydrogens (tertiary/aromatic N) is 13. The predicted molar refractivity (Wildman–Crippen MR) is 603 cm³/mol. The van der Waals surface area contributed by atoms with Gasteiger partial charge in [-0.2, -0.15) is 0 Å². The molecule has 6 aliphatic heterocycles. The van der Waals surface area contributed by atoms with Crippen LogP contribution in [0.3, 0.4) is 0 Å².